The van der Waals surface area contributed by atoms with Gasteiger partial charge in [-0.3, -0.25) is 14.4 Å². The minimum absolute atomic E-state index is 0.00109. The van der Waals surface area contributed by atoms with Crippen molar-refractivity contribution in [3.63, 3.8) is 0 Å². The van der Waals surface area contributed by atoms with E-state index in [2.05, 4.69) is 27.7 Å². The summed E-state index contributed by atoms with van der Waals surface area (Å²) >= 11 is 6.54. The third kappa shape index (κ3) is 4.00. The van der Waals surface area contributed by atoms with Crippen LogP contribution < -0.4 is 0 Å². The van der Waals surface area contributed by atoms with Gasteiger partial charge < -0.3 is 5.11 Å². The molecule has 1 N–H and O–H groups in total. The highest BCUT2D eigenvalue weighted by molar-refractivity contribution is 6.43. The molecule has 0 heterocycles. The summed E-state index contributed by atoms with van der Waals surface area (Å²) in [6, 6.07) is 0. The first-order chi connectivity index (χ1) is 16.0. The maximum absolute atomic E-state index is 13.1. The van der Waals surface area contributed by atoms with E-state index >= 15 is 0 Å². The molecule has 0 aromatic heterocycles. The molecule has 4 aliphatic carbocycles. The van der Waals surface area contributed by atoms with Crippen LogP contribution >= 0.6 is 11.6 Å². The molecule has 0 aliphatic heterocycles. The average molecular weight is 491 g/mol. The number of carboxylic acid groups (broad SMARTS) is 1. The van der Waals surface area contributed by atoms with Gasteiger partial charge >= 0.3 is 5.97 Å². The molecule has 0 amide bonds. The Balaban J connectivity index is 1.58. The van der Waals surface area contributed by atoms with Crippen LogP contribution in [0.2, 0.25) is 0 Å². The zero-order valence-corrected chi connectivity index (χ0v) is 22.4. The number of carbonyl (C=O) groups excluding carboxylic acids is 2. The summed E-state index contributed by atoms with van der Waals surface area (Å²) in [6.45, 7) is 10.8. The molecule has 0 radical (unpaired) electrons. The summed E-state index contributed by atoms with van der Waals surface area (Å²) in [6.07, 6.45) is 8.38. The highest BCUT2D eigenvalue weighted by atomic mass is 35.5. The van der Waals surface area contributed by atoms with Crippen molar-refractivity contribution in [1.82, 2.24) is 0 Å². The standard InChI is InChI=1S/C29H43ClO4/c1-6-17(16(2)3)25(32)15-19(27(33)34)21-10-9-20-18-7-8-23-26(30)24(31)12-14-29(23,5)22(18)11-13-28(20,21)4/h16-22H,6-15H2,1-5H3,(H,33,34)/t17-,18?,19?,20?,21+,22?,28-,29+/m0/s1. The third-order valence-corrected chi connectivity index (χ3v) is 11.4. The predicted octanol–water partition coefficient (Wildman–Crippen LogP) is 7.04. The summed E-state index contributed by atoms with van der Waals surface area (Å²) < 4.78 is 0. The Hall–Kier alpha value is -1.16. The average Bonchev–Trinajstić information content (AvgIpc) is 3.12. The summed E-state index contributed by atoms with van der Waals surface area (Å²) in [7, 11) is 0. The number of carboxylic acids is 1. The van der Waals surface area contributed by atoms with Crippen LogP contribution in [0.25, 0.3) is 0 Å². The fourth-order valence-corrected chi connectivity index (χ4v) is 9.60. The molecule has 0 bridgehead atoms. The third-order valence-electron chi connectivity index (χ3n) is 11.0. The minimum atomic E-state index is -0.792. The summed E-state index contributed by atoms with van der Waals surface area (Å²) in [4.78, 5) is 37.9. The maximum Gasteiger partial charge on any atom is 0.307 e. The highest BCUT2D eigenvalue weighted by Crippen LogP contribution is 2.68. The topological polar surface area (TPSA) is 71.4 Å². The molecule has 190 valence electrons. The maximum atomic E-state index is 13.1. The molecule has 34 heavy (non-hydrogen) atoms. The number of ketones is 2. The van der Waals surface area contributed by atoms with E-state index in [1.54, 1.807) is 0 Å². The molecule has 4 unspecified atom stereocenters. The molecular weight excluding hydrogens is 448 g/mol. The van der Waals surface area contributed by atoms with Gasteiger partial charge in [0, 0.05) is 18.8 Å². The SMILES string of the molecule is CC[C@H](C(=O)CC(C(=O)O)[C@H]1CCC2C3CCC4=C(Cl)C(=O)CC[C@]4(C)C3CC[C@@]21C)C(C)C. The van der Waals surface area contributed by atoms with Gasteiger partial charge in [-0.15, -0.1) is 0 Å². The Morgan fingerprint density at radius 1 is 1.06 bits per heavy atom. The molecule has 0 spiro atoms. The lowest BCUT2D eigenvalue weighted by Crippen LogP contribution is -2.51. The van der Waals surface area contributed by atoms with Crippen molar-refractivity contribution in [3.8, 4) is 0 Å². The number of carbonyl (C=O) groups is 3. The van der Waals surface area contributed by atoms with Crippen molar-refractivity contribution in [1.29, 1.82) is 0 Å². The van der Waals surface area contributed by atoms with Gasteiger partial charge in [-0.25, -0.2) is 0 Å². The molecule has 0 aromatic carbocycles. The normalized spacial score (nSPS) is 39.3. The van der Waals surface area contributed by atoms with Crippen LogP contribution in [0.15, 0.2) is 10.6 Å². The molecule has 0 saturated heterocycles. The first-order valence-electron chi connectivity index (χ1n) is 13.6. The van der Waals surface area contributed by atoms with Gasteiger partial charge in [-0.2, -0.15) is 0 Å². The van der Waals surface area contributed by atoms with Crippen LogP contribution in [0.4, 0.5) is 0 Å². The van der Waals surface area contributed by atoms with Crippen LogP contribution in [0, 0.1) is 52.3 Å². The Bertz CT molecular complexity index is 891. The first kappa shape index (κ1) is 25.9. The molecule has 4 rings (SSSR count). The Labute approximate surface area is 210 Å². The van der Waals surface area contributed by atoms with Crippen molar-refractivity contribution in [2.45, 2.75) is 98.8 Å². The van der Waals surface area contributed by atoms with Crippen LogP contribution in [-0.2, 0) is 14.4 Å². The molecule has 4 nitrogen and oxygen atoms in total. The second kappa shape index (κ2) is 9.37. The fourth-order valence-electron chi connectivity index (χ4n) is 9.19. The molecular formula is C29H43ClO4. The van der Waals surface area contributed by atoms with E-state index < -0.39 is 11.9 Å². The van der Waals surface area contributed by atoms with Crippen molar-refractivity contribution < 1.29 is 19.5 Å². The van der Waals surface area contributed by atoms with E-state index in [1.165, 1.54) is 5.57 Å². The molecule has 3 saturated carbocycles. The van der Waals surface area contributed by atoms with Crippen LogP contribution in [0.3, 0.4) is 0 Å². The number of rotatable bonds is 7. The monoisotopic (exact) mass is 490 g/mol. The molecule has 3 fully saturated rings. The second-order valence-electron chi connectivity index (χ2n) is 12.7. The van der Waals surface area contributed by atoms with Gasteiger partial charge in [0.15, 0.2) is 5.78 Å². The Kier molecular flexibility index (Phi) is 7.15. The van der Waals surface area contributed by atoms with Gasteiger partial charge in [0.05, 0.1) is 11.0 Å². The van der Waals surface area contributed by atoms with Gasteiger partial charge in [-0.1, -0.05) is 46.2 Å². The van der Waals surface area contributed by atoms with Crippen molar-refractivity contribution >= 4 is 29.1 Å². The lowest BCUT2D eigenvalue weighted by molar-refractivity contribution is -0.150. The lowest BCUT2D eigenvalue weighted by Gasteiger charge is -2.58. The second-order valence-corrected chi connectivity index (χ2v) is 13.0. The number of fused-ring (bicyclic) bond motifs is 5. The minimum Gasteiger partial charge on any atom is -0.481 e. The molecule has 5 heteroatoms. The van der Waals surface area contributed by atoms with Crippen LogP contribution in [0.1, 0.15) is 98.8 Å². The van der Waals surface area contributed by atoms with Crippen LogP contribution in [0.5, 0.6) is 0 Å². The van der Waals surface area contributed by atoms with Crippen molar-refractivity contribution in [2.24, 2.45) is 52.3 Å². The summed E-state index contributed by atoms with van der Waals surface area (Å²) in [5.41, 5.74) is 1.16. The van der Waals surface area contributed by atoms with E-state index in [0.29, 0.717) is 29.2 Å². The Morgan fingerprint density at radius 2 is 1.76 bits per heavy atom. The number of hydrogen-bond donors (Lipinski definition) is 1. The number of allylic oxidation sites excluding steroid dienone is 1. The molecule has 8 atom stereocenters. The summed E-state index contributed by atoms with van der Waals surface area (Å²) in [5.74, 6) is 0.689. The van der Waals surface area contributed by atoms with E-state index in [4.69, 9.17) is 11.6 Å². The number of halogens is 1. The van der Waals surface area contributed by atoms with Crippen molar-refractivity contribution in [2.75, 3.05) is 0 Å². The Morgan fingerprint density at radius 3 is 2.38 bits per heavy atom. The van der Waals surface area contributed by atoms with E-state index in [0.717, 1.165) is 51.4 Å². The quantitative estimate of drug-likeness (QED) is 0.415. The zero-order chi connectivity index (χ0) is 25.0. The zero-order valence-electron chi connectivity index (χ0n) is 21.7. The van der Waals surface area contributed by atoms with E-state index in [9.17, 15) is 19.5 Å². The molecule has 0 aromatic rings. The van der Waals surface area contributed by atoms with E-state index in [-0.39, 0.29) is 46.6 Å². The van der Waals surface area contributed by atoms with Crippen molar-refractivity contribution in [3.05, 3.63) is 10.6 Å². The van der Waals surface area contributed by atoms with Gasteiger partial charge in [-0.05, 0) is 97.4 Å². The fraction of sp³-hybridized carbons (Fsp3) is 0.828. The van der Waals surface area contributed by atoms with E-state index in [1.807, 2.05) is 6.92 Å². The number of hydrogen-bond acceptors (Lipinski definition) is 3. The lowest BCUT2D eigenvalue weighted by atomic mass is 9.46. The predicted molar refractivity (Wildman–Crippen MR) is 134 cm³/mol. The van der Waals surface area contributed by atoms with Gasteiger partial charge in [0.25, 0.3) is 0 Å². The van der Waals surface area contributed by atoms with Gasteiger partial charge in [0.1, 0.15) is 5.78 Å². The highest BCUT2D eigenvalue weighted by Gasteiger charge is 2.61. The molecule has 4 aliphatic rings. The summed E-state index contributed by atoms with van der Waals surface area (Å²) in [5, 5.41) is 10.8. The smallest absolute Gasteiger partial charge is 0.307 e. The number of Topliss-reactive ketones (excluding diaryl/α,β-unsaturated/α-hetero) is 2. The first-order valence-corrected chi connectivity index (χ1v) is 14.0. The largest absolute Gasteiger partial charge is 0.481 e. The van der Waals surface area contributed by atoms with Gasteiger partial charge in [0.2, 0.25) is 0 Å². The number of aliphatic carboxylic acids is 1. The van der Waals surface area contributed by atoms with Crippen LogP contribution in [-0.4, -0.2) is 22.6 Å².